The van der Waals surface area contributed by atoms with Crippen molar-refractivity contribution in [3.63, 3.8) is 0 Å². The van der Waals surface area contributed by atoms with Gasteiger partial charge in [0.25, 0.3) is 0 Å². The van der Waals surface area contributed by atoms with E-state index in [1.54, 1.807) is 30.3 Å². The van der Waals surface area contributed by atoms with Crippen molar-refractivity contribution in [2.75, 3.05) is 0 Å². The molecule has 0 atom stereocenters. The molecule has 0 saturated heterocycles. The molecular formula is C19H22O4. The molecule has 2 rings (SSSR count). The summed E-state index contributed by atoms with van der Waals surface area (Å²) >= 11 is 0. The number of ether oxygens (including phenoxy) is 2. The number of aromatic hydroxyl groups is 1. The Hall–Kier alpha value is -2.49. The molecule has 0 amide bonds. The highest BCUT2D eigenvalue weighted by atomic mass is 16.5. The number of ketones is 1. The maximum atomic E-state index is 12.7. The Morgan fingerprint density at radius 3 is 2.09 bits per heavy atom. The molecule has 0 unspecified atom stereocenters. The van der Waals surface area contributed by atoms with Crippen LogP contribution in [0.4, 0.5) is 0 Å². The van der Waals surface area contributed by atoms with Gasteiger partial charge in [0.1, 0.15) is 17.2 Å². The van der Waals surface area contributed by atoms with E-state index in [0.29, 0.717) is 22.6 Å². The van der Waals surface area contributed by atoms with E-state index in [-0.39, 0.29) is 23.7 Å². The molecule has 0 aliphatic heterocycles. The minimum Gasteiger partial charge on any atom is -0.508 e. The SMILES string of the molecule is CC(C)Oc1ccc(C(=O)c2ccc(O)cc2)c(OC(C)C)c1. The Morgan fingerprint density at radius 2 is 1.52 bits per heavy atom. The van der Waals surface area contributed by atoms with E-state index in [1.807, 2.05) is 27.7 Å². The quantitative estimate of drug-likeness (QED) is 0.812. The maximum Gasteiger partial charge on any atom is 0.196 e. The Kier molecular flexibility index (Phi) is 5.27. The van der Waals surface area contributed by atoms with Gasteiger partial charge in [0, 0.05) is 11.6 Å². The van der Waals surface area contributed by atoms with Crippen LogP contribution in [0.3, 0.4) is 0 Å². The zero-order chi connectivity index (χ0) is 17.0. The van der Waals surface area contributed by atoms with Crippen molar-refractivity contribution in [1.29, 1.82) is 0 Å². The van der Waals surface area contributed by atoms with Gasteiger partial charge in [0.15, 0.2) is 5.78 Å². The van der Waals surface area contributed by atoms with Crippen molar-refractivity contribution in [3.8, 4) is 17.2 Å². The fourth-order valence-corrected chi connectivity index (χ4v) is 2.16. The summed E-state index contributed by atoms with van der Waals surface area (Å²) in [5.41, 5.74) is 0.967. The highest BCUT2D eigenvalue weighted by molar-refractivity contribution is 6.10. The van der Waals surface area contributed by atoms with Crippen LogP contribution in [0.25, 0.3) is 0 Å². The first-order valence-corrected chi connectivity index (χ1v) is 7.68. The third-order valence-electron chi connectivity index (χ3n) is 3.06. The largest absolute Gasteiger partial charge is 0.508 e. The van der Waals surface area contributed by atoms with Crippen LogP contribution < -0.4 is 9.47 Å². The van der Waals surface area contributed by atoms with E-state index in [4.69, 9.17) is 9.47 Å². The minimum atomic E-state index is -0.156. The van der Waals surface area contributed by atoms with Gasteiger partial charge in [-0.2, -0.15) is 0 Å². The Labute approximate surface area is 136 Å². The van der Waals surface area contributed by atoms with Crippen LogP contribution in [0, 0.1) is 0 Å². The minimum absolute atomic E-state index is 0.0422. The van der Waals surface area contributed by atoms with Crippen LogP contribution >= 0.6 is 0 Å². The topological polar surface area (TPSA) is 55.8 Å². The molecule has 0 spiro atoms. The van der Waals surface area contributed by atoms with Crippen LogP contribution in [-0.4, -0.2) is 23.1 Å². The molecule has 0 aromatic heterocycles. The second kappa shape index (κ2) is 7.18. The fourth-order valence-electron chi connectivity index (χ4n) is 2.16. The fraction of sp³-hybridized carbons (Fsp3) is 0.316. The first-order valence-electron chi connectivity index (χ1n) is 7.68. The lowest BCUT2D eigenvalue weighted by atomic mass is 10.0. The van der Waals surface area contributed by atoms with Gasteiger partial charge < -0.3 is 14.6 Å². The standard InChI is InChI=1S/C19H22O4/c1-12(2)22-16-9-10-17(18(11-16)23-13(3)4)19(21)14-5-7-15(20)8-6-14/h5-13,20H,1-4H3. The average Bonchev–Trinajstić information content (AvgIpc) is 2.46. The maximum absolute atomic E-state index is 12.7. The van der Waals surface area contributed by atoms with Crippen molar-refractivity contribution in [2.45, 2.75) is 39.9 Å². The predicted molar refractivity (Wildman–Crippen MR) is 89.5 cm³/mol. The van der Waals surface area contributed by atoms with E-state index in [1.165, 1.54) is 12.1 Å². The third-order valence-corrected chi connectivity index (χ3v) is 3.06. The molecule has 2 aromatic rings. The number of carbonyl (C=O) groups excluding carboxylic acids is 1. The van der Waals surface area contributed by atoms with Gasteiger partial charge in [-0.1, -0.05) is 0 Å². The predicted octanol–water partition coefficient (Wildman–Crippen LogP) is 4.20. The van der Waals surface area contributed by atoms with Gasteiger partial charge in [-0.25, -0.2) is 0 Å². The summed E-state index contributed by atoms with van der Waals surface area (Å²) in [6.07, 6.45) is -0.0174. The van der Waals surface area contributed by atoms with Gasteiger partial charge in [-0.05, 0) is 64.1 Å². The van der Waals surface area contributed by atoms with E-state index < -0.39 is 0 Å². The number of hydrogen-bond acceptors (Lipinski definition) is 4. The third kappa shape index (κ3) is 4.49. The summed E-state index contributed by atoms with van der Waals surface area (Å²) in [6, 6.07) is 11.4. The Balaban J connectivity index is 2.39. The summed E-state index contributed by atoms with van der Waals surface area (Å²) in [5, 5.41) is 9.35. The van der Waals surface area contributed by atoms with Crippen molar-refractivity contribution < 1.29 is 19.4 Å². The van der Waals surface area contributed by atoms with Crippen molar-refractivity contribution in [2.24, 2.45) is 0 Å². The molecule has 4 heteroatoms. The number of rotatable bonds is 6. The molecule has 0 radical (unpaired) electrons. The lowest BCUT2D eigenvalue weighted by molar-refractivity contribution is 0.103. The van der Waals surface area contributed by atoms with Gasteiger partial charge in [0.2, 0.25) is 0 Å². The van der Waals surface area contributed by atoms with Crippen LogP contribution in [0.1, 0.15) is 43.6 Å². The average molecular weight is 314 g/mol. The first-order chi connectivity index (χ1) is 10.9. The zero-order valence-electron chi connectivity index (χ0n) is 13.9. The molecule has 4 nitrogen and oxygen atoms in total. The van der Waals surface area contributed by atoms with Crippen LogP contribution in [-0.2, 0) is 0 Å². The molecule has 2 aromatic carbocycles. The van der Waals surface area contributed by atoms with Crippen LogP contribution in [0.15, 0.2) is 42.5 Å². The van der Waals surface area contributed by atoms with Gasteiger partial charge >= 0.3 is 0 Å². The van der Waals surface area contributed by atoms with Crippen LogP contribution in [0.2, 0.25) is 0 Å². The smallest absolute Gasteiger partial charge is 0.196 e. The summed E-state index contributed by atoms with van der Waals surface area (Å²) in [4.78, 5) is 12.7. The number of benzene rings is 2. The molecular weight excluding hydrogens is 292 g/mol. The van der Waals surface area contributed by atoms with Crippen molar-refractivity contribution >= 4 is 5.78 Å². The second-order valence-corrected chi connectivity index (χ2v) is 5.87. The number of phenols is 1. The molecule has 0 heterocycles. The monoisotopic (exact) mass is 314 g/mol. The summed E-state index contributed by atoms with van der Waals surface area (Å²) in [5.74, 6) is 1.13. The summed E-state index contributed by atoms with van der Waals surface area (Å²) in [6.45, 7) is 7.70. The highest BCUT2D eigenvalue weighted by Crippen LogP contribution is 2.29. The van der Waals surface area contributed by atoms with Crippen molar-refractivity contribution in [1.82, 2.24) is 0 Å². The number of phenolic OH excluding ortho intramolecular Hbond substituents is 1. The first kappa shape index (κ1) is 16.9. The van der Waals surface area contributed by atoms with E-state index >= 15 is 0 Å². The Bertz CT molecular complexity index is 672. The Morgan fingerprint density at radius 1 is 0.913 bits per heavy atom. The van der Waals surface area contributed by atoms with Gasteiger partial charge in [0.05, 0.1) is 17.8 Å². The second-order valence-electron chi connectivity index (χ2n) is 5.87. The molecule has 0 aliphatic rings. The molecule has 0 fully saturated rings. The highest BCUT2D eigenvalue weighted by Gasteiger charge is 2.17. The van der Waals surface area contributed by atoms with E-state index in [0.717, 1.165) is 0 Å². The van der Waals surface area contributed by atoms with Crippen LogP contribution in [0.5, 0.6) is 17.2 Å². The molecule has 0 saturated carbocycles. The molecule has 23 heavy (non-hydrogen) atoms. The molecule has 1 N–H and O–H groups in total. The number of hydrogen-bond donors (Lipinski definition) is 1. The lowest BCUT2D eigenvalue weighted by Gasteiger charge is -2.16. The zero-order valence-corrected chi connectivity index (χ0v) is 13.9. The van der Waals surface area contributed by atoms with Gasteiger partial charge in [-0.3, -0.25) is 4.79 Å². The summed E-state index contributed by atoms with van der Waals surface area (Å²) in [7, 11) is 0. The number of carbonyl (C=O) groups is 1. The molecule has 0 bridgehead atoms. The molecule has 0 aliphatic carbocycles. The van der Waals surface area contributed by atoms with Crippen molar-refractivity contribution in [3.05, 3.63) is 53.6 Å². The van der Waals surface area contributed by atoms with Gasteiger partial charge in [-0.15, -0.1) is 0 Å². The normalized spacial score (nSPS) is 10.9. The summed E-state index contributed by atoms with van der Waals surface area (Å²) < 4.78 is 11.5. The van der Waals surface area contributed by atoms with E-state index in [2.05, 4.69) is 0 Å². The lowest BCUT2D eigenvalue weighted by Crippen LogP contribution is -2.12. The van der Waals surface area contributed by atoms with E-state index in [9.17, 15) is 9.90 Å². The molecule has 122 valence electrons.